The van der Waals surface area contributed by atoms with Crippen LogP contribution >= 0.6 is 12.2 Å². The lowest BCUT2D eigenvalue weighted by Gasteiger charge is -2.32. The Labute approximate surface area is 138 Å². The predicted octanol–water partition coefficient (Wildman–Crippen LogP) is 4.13. The molecule has 0 aromatic heterocycles. The van der Waals surface area contributed by atoms with Crippen molar-refractivity contribution in [2.75, 3.05) is 11.4 Å². The summed E-state index contributed by atoms with van der Waals surface area (Å²) in [6, 6.07) is 15.2. The average Bonchev–Trinajstić information content (AvgIpc) is 2.53. The summed E-state index contributed by atoms with van der Waals surface area (Å²) in [5.41, 5.74) is 6.53. The summed E-state index contributed by atoms with van der Waals surface area (Å²) < 4.78 is 0. The molecule has 22 heavy (non-hydrogen) atoms. The lowest BCUT2D eigenvalue weighted by atomic mass is 10.00. The van der Waals surface area contributed by atoms with Gasteiger partial charge < -0.3 is 10.2 Å². The molecule has 3 rings (SSSR count). The van der Waals surface area contributed by atoms with E-state index in [1.807, 2.05) is 0 Å². The SMILES string of the molecule is Cc1ccc(CNC(=S)N2CCCc3cc(C)ccc32)cc1. The monoisotopic (exact) mass is 310 g/mol. The van der Waals surface area contributed by atoms with Crippen molar-refractivity contribution in [3.8, 4) is 0 Å². The van der Waals surface area contributed by atoms with Crippen LogP contribution in [0.15, 0.2) is 42.5 Å². The quantitative estimate of drug-likeness (QED) is 0.840. The topological polar surface area (TPSA) is 15.3 Å². The second-order valence-corrected chi connectivity index (χ2v) is 6.42. The molecule has 0 radical (unpaired) electrons. The maximum absolute atomic E-state index is 5.62. The molecule has 1 aliphatic heterocycles. The number of benzene rings is 2. The first-order chi connectivity index (χ1) is 10.6. The number of hydrogen-bond donors (Lipinski definition) is 1. The van der Waals surface area contributed by atoms with E-state index in [-0.39, 0.29) is 0 Å². The van der Waals surface area contributed by atoms with Crippen molar-refractivity contribution in [2.45, 2.75) is 33.2 Å². The molecule has 0 saturated heterocycles. The van der Waals surface area contributed by atoms with Gasteiger partial charge in [-0.2, -0.15) is 0 Å². The fourth-order valence-electron chi connectivity index (χ4n) is 2.92. The van der Waals surface area contributed by atoms with Gasteiger partial charge in [0.2, 0.25) is 0 Å². The van der Waals surface area contributed by atoms with E-state index in [4.69, 9.17) is 12.2 Å². The van der Waals surface area contributed by atoms with Crippen LogP contribution in [-0.4, -0.2) is 11.7 Å². The van der Waals surface area contributed by atoms with Crippen molar-refractivity contribution in [2.24, 2.45) is 0 Å². The summed E-state index contributed by atoms with van der Waals surface area (Å²) in [5.74, 6) is 0. The highest BCUT2D eigenvalue weighted by Crippen LogP contribution is 2.28. The minimum Gasteiger partial charge on any atom is -0.358 e. The van der Waals surface area contributed by atoms with Gasteiger partial charge in [0.15, 0.2) is 5.11 Å². The largest absolute Gasteiger partial charge is 0.358 e. The van der Waals surface area contributed by atoms with Crippen molar-refractivity contribution in [3.05, 3.63) is 64.7 Å². The van der Waals surface area contributed by atoms with Crippen LogP contribution in [0.2, 0.25) is 0 Å². The summed E-state index contributed by atoms with van der Waals surface area (Å²) in [7, 11) is 0. The summed E-state index contributed by atoms with van der Waals surface area (Å²) in [6.07, 6.45) is 2.30. The Hall–Kier alpha value is -1.87. The zero-order valence-electron chi connectivity index (χ0n) is 13.2. The molecule has 2 nitrogen and oxygen atoms in total. The third kappa shape index (κ3) is 3.30. The van der Waals surface area contributed by atoms with Crippen molar-refractivity contribution in [1.29, 1.82) is 0 Å². The molecule has 3 heteroatoms. The maximum Gasteiger partial charge on any atom is 0.173 e. The number of hydrogen-bond acceptors (Lipinski definition) is 1. The van der Waals surface area contributed by atoms with Gasteiger partial charge >= 0.3 is 0 Å². The summed E-state index contributed by atoms with van der Waals surface area (Å²) in [5, 5.41) is 4.23. The highest BCUT2D eigenvalue weighted by atomic mass is 32.1. The molecular weight excluding hydrogens is 288 g/mol. The second kappa shape index (κ2) is 6.49. The number of fused-ring (bicyclic) bond motifs is 1. The number of anilines is 1. The molecule has 0 amide bonds. The Morgan fingerprint density at radius 3 is 2.59 bits per heavy atom. The molecule has 1 heterocycles. The third-order valence-electron chi connectivity index (χ3n) is 4.16. The van der Waals surface area contributed by atoms with Gasteiger partial charge in [0.1, 0.15) is 0 Å². The standard InChI is InChI=1S/C19H22N2S/c1-14-5-8-16(9-6-14)13-20-19(22)21-11-3-4-17-12-15(2)7-10-18(17)21/h5-10,12H,3-4,11,13H2,1-2H3,(H,20,22). The average molecular weight is 310 g/mol. The maximum atomic E-state index is 5.62. The molecule has 1 aliphatic rings. The van der Waals surface area contributed by atoms with Gasteiger partial charge in [0.05, 0.1) is 0 Å². The molecular formula is C19H22N2S. The van der Waals surface area contributed by atoms with E-state index in [2.05, 4.69) is 66.5 Å². The van der Waals surface area contributed by atoms with Gasteiger partial charge in [-0.15, -0.1) is 0 Å². The van der Waals surface area contributed by atoms with Crippen LogP contribution in [0.3, 0.4) is 0 Å². The van der Waals surface area contributed by atoms with Gasteiger partial charge in [-0.05, 0) is 56.1 Å². The zero-order chi connectivity index (χ0) is 15.5. The Bertz CT molecular complexity index is 676. The van der Waals surface area contributed by atoms with Crippen LogP contribution in [-0.2, 0) is 13.0 Å². The smallest absolute Gasteiger partial charge is 0.173 e. The highest BCUT2D eigenvalue weighted by molar-refractivity contribution is 7.80. The van der Waals surface area contributed by atoms with Crippen LogP contribution in [0.1, 0.15) is 28.7 Å². The van der Waals surface area contributed by atoms with Gasteiger partial charge in [-0.3, -0.25) is 0 Å². The van der Waals surface area contributed by atoms with Gasteiger partial charge in [0.25, 0.3) is 0 Å². The molecule has 0 fully saturated rings. The lowest BCUT2D eigenvalue weighted by molar-refractivity contribution is 0.762. The Balaban J connectivity index is 1.70. The van der Waals surface area contributed by atoms with E-state index in [9.17, 15) is 0 Å². The number of nitrogens with zero attached hydrogens (tertiary/aromatic N) is 1. The molecule has 2 aromatic carbocycles. The summed E-state index contributed by atoms with van der Waals surface area (Å²) >= 11 is 5.62. The van der Waals surface area contributed by atoms with Crippen LogP contribution in [0.25, 0.3) is 0 Å². The van der Waals surface area contributed by atoms with Crippen LogP contribution in [0.4, 0.5) is 5.69 Å². The van der Waals surface area contributed by atoms with Crippen molar-refractivity contribution in [3.63, 3.8) is 0 Å². The van der Waals surface area contributed by atoms with E-state index in [1.165, 1.54) is 27.9 Å². The molecule has 0 bridgehead atoms. The Morgan fingerprint density at radius 1 is 1.09 bits per heavy atom. The van der Waals surface area contributed by atoms with Crippen molar-refractivity contribution < 1.29 is 0 Å². The number of thiocarbonyl (C=S) groups is 1. The van der Waals surface area contributed by atoms with E-state index in [0.29, 0.717) is 0 Å². The van der Waals surface area contributed by atoms with E-state index in [0.717, 1.165) is 31.0 Å². The van der Waals surface area contributed by atoms with Crippen LogP contribution < -0.4 is 10.2 Å². The fraction of sp³-hybridized carbons (Fsp3) is 0.316. The highest BCUT2D eigenvalue weighted by Gasteiger charge is 2.19. The molecule has 114 valence electrons. The van der Waals surface area contributed by atoms with Crippen LogP contribution in [0.5, 0.6) is 0 Å². The molecule has 0 atom stereocenters. The minimum atomic E-state index is 0.775. The molecule has 0 saturated carbocycles. The lowest BCUT2D eigenvalue weighted by Crippen LogP contribution is -2.42. The van der Waals surface area contributed by atoms with Crippen molar-refractivity contribution in [1.82, 2.24) is 5.32 Å². The second-order valence-electron chi connectivity index (χ2n) is 6.03. The number of nitrogens with one attached hydrogen (secondary N) is 1. The van der Waals surface area contributed by atoms with Crippen molar-refractivity contribution >= 4 is 23.0 Å². The molecule has 2 aromatic rings. The third-order valence-corrected chi connectivity index (χ3v) is 4.53. The molecule has 0 spiro atoms. The molecule has 0 aliphatic carbocycles. The van der Waals surface area contributed by atoms with E-state index >= 15 is 0 Å². The van der Waals surface area contributed by atoms with E-state index < -0.39 is 0 Å². The van der Waals surface area contributed by atoms with Gasteiger partial charge in [-0.25, -0.2) is 0 Å². The zero-order valence-corrected chi connectivity index (χ0v) is 14.0. The van der Waals surface area contributed by atoms with E-state index in [1.54, 1.807) is 0 Å². The summed E-state index contributed by atoms with van der Waals surface area (Å²) in [6.45, 7) is 6.02. The Kier molecular flexibility index (Phi) is 4.44. The number of aryl methyl sites for hydroxylation is 3. The number of rotatable bonds is 2. The molecule has 0 unspecified atom stereocenters. The molecule has 1 N–H and O–H groups in total. The predicted molar refractivity (Wildman–Crippen MR) is 97.5 cm³/mol. The van der Waals surface area contributed by atoms with Gasteiger partial charge in [0, 0.05) is 18.8 Å². The Morgan fingerprint density at radius 2 is 1.82 bits per heavy atom. The van der Waals surface area contributed by atoms with Gasteiger partial charge in [-0.1, -0.05) is 47.5 Å². The first-order valence-corrected chi connectivity index (χ1v) is 8.25. The summed E-state index contributed by atoms with van der Waals surface area (Å²) in [4.78, 5) is 2.24. The fourth-order valence-corrected chi connectivity index (χ4v) is 3.18. The van der Waals surface area contributed by atoms with Crippen LogP contribution in [0, 0.1) is 13.8 Å². The minimum absolute atomic E-state index is 0.775. The normalized spacial score (nSPS) is 13.6. The first-order valence-electron chi connectivity index (χ1n) is 7.84. The first kappa shape index (κ1) is 15.0.